The summed E-state index contributed by atoms with van der Waals surface area (Å²) in [6, 6.07) is 6.47. The molecule has 1 unspecified atom stereocenters. The van der Waals surface area contributed by atoms with Crippen molar-refractivity contribution in [1.29, 1.82) is 0 Å². The second kappa shape index (κ2) is 5.71. The Morgan fingerprint density at radius 1 is 1.25 bits per heavy atom. The minimum Gasteiger partial charge on any atom is -0.490 e. The van der Waals surface area contributed by atoms with E-state index in [0.29, 0.717) is 25.8 Å². The number of hydrogen-bond donors (Lipinski definition) is 2. The minimum atomic E-state index is -0.235. The first kappa shape index (κ1) is 13.2. The van der Waals surface area contributed by atoms with E-state index in [2.05, 4.69) is 12.1 Å². The van der Waals surface area contributed by atoms with Crippen LogP contribution in [0.5, 0.6) is 11.5 Å². The minimum absolute atomic E-state index is 0.235. The maximum absolute atomic E-state index is 11.2. The van der Waals surface area contributed by atoms with Gasteiger partial charge in [-0.15, -0.1) is 0 Å². The molecule has 2 atom stereocenters. The number of quaternary nitrogens is 1. The monoisotopic (exact) mass is 277 g/mol. The van der Waals surface area contributed by atoms with E-state index < -0.39 is 0 Å². The van der Waals surface area contributed by atoms with Gasteiger partial charge >= 0.3 is 0 Å². The van der Waals surface area contributed by atoms with Crippen molar-refractivity contribution < 1.29 is 19.2 Å². The molecular formula is C15H21N2O3+. The van der Waals surface area contributed by atoms with Gasteiger partial charge in [0.05, 0.1) is 19.8 Å². The van der Waals surface area contributed by atoms with Crippen molar-refractivity contribution in [3.63, 3.8) is 0 Å². The molecule has 0 aliphatic carbocycles. The second-order valence-electron chi connectivity index (χ2n) is 5.50. The Morgan fingerprint density at radius 3 is 2.85 bits per heavy atom. The van der Waals surface area contributed by atoms with Crippen LogP contribution in [0.4, 0.5) is 0 Å². The van der Waals surface area contributed by atoms with Gasteiger partial charge in [0.1, 0.15) is 6.04 Å². The zero-order chi connectivity index (χ0) is 13.9. The SMILES string of the molecule is NC(=O)C[NH+]1CCC[C@@H]1c1ccc2c(c1)OCCCO2. The number of ether oxygens (including phenoxy) is 2. The van der Waals surface area contributed by atoms with E-state index in [-0.39, 0.29) is 5.91 Å². The molecule has 0 aromatic heterocycles. The van der Waals surface area contributed by atoms with Crippen LogP contribution in [0.2, 0.25) is 0 Å². The van der Waals surface area contributed by atoms with Gasteiger partial charge in [-0.2, -0.15) is 0 Å². The van der Waals surface area contributed by atoms with Gasteiger partial charge in [-0.1, -0.05) is 0 Å². The van der Waals surface area contributed by atoms with Gasteiger partial charge in [-0.3, -0.25) is 4.79 Å². The van der Waals surface area contributed by atoms with Gasteiger partial charge in [-0.05, 0) is 18.2 Å². The first-order valence-electron chi connectivity index (χ1n) is 7.26. The summed E-state index contributed by atoms with van der Waals surface area (Å²) in [6.45, 7) is 2.80. The van der Waals surface area contributed by atoms with Crippen LogP contribution in [-0.4, -0.2) is 32.2 Å². The first-order chi connectivity index (χ1) is 9.74. The summed E-state index contributed by atoms with van der Waals surface area (Å²) >= 11 is 0. The predicted octanol–water partition coefficient (Wildman–Crippen LogP) is 0.0530. The zero-order valence-electron chi connectivity index (χ0n) is 11.6. The molecule has 5 heteroatoms. The lowest BCUT2D eigenvalue weighted by molar-refractivity contribution is -0.910. The van der Waals surface area contributed by atoms with Crippen LogP contribution in [0.3, 0.4) is 0 Å². The van der Waals surface area contributed by atoms with Crippen LogP contribution in [0.25, 0.3) is 0 Å². The predicted molar refractivity (Wildman–Crippen MR) is 73.9 cm³/mol. The summed E-state index contributed by atoms with van der Waals surface area (Å²) in [5, 5.41) is 0. The standard InChI is InChI=1S/C15H20N2O3/c16-15(18)10-17-6-1-3-12(17)11-4-5-13-14(9-11)20-8-2-7-19-13/h4-5,9,12H,1-3,6-8,10H2,(H2,16,18)/p+1/t12-/m1/s1. The maximum atomic E-state index is 11.2. The van der Waals surface area contributed by atoms with Crippen LogP contribution >= 0.6 is 0 Å². The molecule has 1 amide bonds. The Morgan fingerprint density at radius 2 is 2.05 bits per heavy atom. The fourth-order valence-corrected chi connectivity index (χ4v) is 3.15. The molecule has 1 aromatic rings. The Hall–Kier alpha value is -1.75. The van der Waals surface area contributed by atoms with E-state index in [4.69, 9.17) is 15.2 Å². The lowest BCUT2D eigenvalue weighted by Gasteiger charge is -2.21. The van der Waals surface area contributed by atoms with E-state index in [1.54, 1.807) is 0 Å². The highest BCUT2D eigenvalue weighted by atomic mass is 16.5. The Balaban J connectivity index is 1.82. The van der Waals surface area contributed by atoms with Gasteiger partial charge in [0.15, 0.2) is 18.0 Å². The number of rotatable bonds is 3. The molecule has 3 N–H and O–H groups in total. The van der Waals surface area contributed by atoms with Crippen molar-refractivity contribution >= 4 is 5.91 Å². The van der Waals surface area contributed by atoms with E-state index in [9.17, 15) is 4.79 Å². The molecule has 1 fully saturated rings. The molecule has 0 saturated carbocycles. The molecule has 0 bridgehead atoms. The highest BCUT2D eigenvalue weighted by Gasteiger charge is 2.31. The van der Waals surface area contributed by atoms with E-state index in [1.165, 1.54) is 10.5 Å². The Kier molecular flexibility index (Phi) is 3.78. The molecule has 1 aromatic carbocycles. The molecule has 108 valence electrons. The third kappa shape index (κ3) is 2.72. The van der Waals surface area contributed by atoms with Gasteiger partial charge in [0.2, 0.25) is 0 Å². The third-order valence-electron chi connectivity index (χ3n) is 4.06. The highest BCUT2D eigenvalue weighted by Crippen LogP contribution is 2.33. The number of nitrogens with two attached hydrogens (primary N) is 1. The summed E-state index contributed by atoms with van der Waals surface area (Å²) in [7, 11) is 0. The largest absolute Gasteiger partial charge is 0.490 e. The second-order valence-corrected chi connectivity index (χ2v) is 5.50. The van der Waals surface area contributed by atoms with Crippen LogP contribution in [0.1, 0.15) is 30.9 Å². The summed E-state index contributed by atoms with van der Waals surface area (Å²) in [5.74, 6) is 1.41. The normalized spacial score (nSPS) is 25.2. The summed E-state index contributed by atoms with van der Waals surface area (Å²) in [4.78, 5) is 12.4. The zero-order valence-corrected chi connectivity index (χ0v) is 11.6. The average Bonchev–Trinajstić information content (AvgIpc) is 2.74. The molecule has 2 aliphatic rings. The maximum Gasteiger partial charge on any atom is 0.272 e. The Labute approximate surface area is 118 Å². The van der Waals surface area contributed by atoms with Crippen molar-refractivity contribution in [2.24, 2.45) is 5.73 Å². The number of primary amides is 1. The molecule has 20 heavy (non-hydrogen) atoms. The van der Waals surface area contributed by atoms with E-state index in [1.807, 2.05) is 6.07 Å². The Bertz CT molecular complexity index is 504. The molecule has 2 aliphatic heterocycles. The molecular weight excluding hydrogens is 256 g/mol. The van der Waals surface area contributed by atoms with E-state index >= 15 is 0 Å². The van der Waals surface area contributed by atoms with Crippen molar-refractivity contribution in [2.45, 2.75) is 25.3 Å². The number of amides is 1. The van der Waals surface area contributed by atoms with E-state index in [0.717, 1.165) is 37.3 Å². The number of hydrogen-bond acceptors (Lipinski definition) is 3. The van der Waals surface area contributed by atoms with Crippen molar-refractivity contribution in [1.82, 2.24) is 0 Å². The summed E-state index contributed by atoms with van der Waals surface area (Å²) in [6.07, 6.45) is 3.12. The molecule has 0 spiro atoms. The molecule has 5 nitrogen and oxygen atoms in total. The van der Waals surface area contributed by atoms with Crippen LogP contribution < -0.4 is 20.1 Å². The number of carbonyl (C=O) groups excluding carboxylic acids is 1. The fraction of sp³-hybridized carbons (Fsp3) is 0.533. The smallest absolute Gasteiger partial charge is 0.272 e. The molecule has 1 saturated heterocycles. The third-order valence-corrected chi connectivity index (χ3v) is 4.06. The lowest BCUT2D eigenvalue weighted by Crippen LogP contribution is -3.11. The first-order valence-corrected chi connectivity index (χ1v) is 7.26. The summed E-state index contributed by atoms with van der Waals surface area (Å²) < 4.78 is 11.4. The number of likely N-dealkylation sites (tertiary alicyclic amines) is 1. The fourth-order valence-electron chi connectivity index (χ4n) is 3.15. The highest BCUT2D eigenvalue weighted by molar-refractivity contribution is 5.74. The molecule has 2 heterocycles. The van der Waals surface area contributed by atoms with Crippen molar-refractivity contribution in [2.75, 3.05) is 26.3 Å². The van der Waals surface area contributed by atoms with Crippen LogP contribution in [-0.2, 0) is 4.79 Å². The quantitative estimate of drug-likeness (QED) is 0.820. The molecule has 0 radical (unpaired) electrons. The number of nitrogens with one attached hydrogen (secondary N) is 1. The summed E-state index contributed by atoms with van der Waals surface area (Å²) in [5.41, 5.74) is 6.55. The van der Waals surface area contributed by atoms with Crippen molar-refractivity contribution in [3.8, 4) is 11.5 Å². The van der Waals surface area contributed by atoms with Gasteiger partial charge in [0, 0.05) is 24.8 Å². The van der Waals surface area contributed by atoms with Gasteiger partial charge < -0.3 is 20.1 Å². The van der Waals surface area contributed by atoms with Gasteiger partial charge in [0.25, 0.3) is 5.91 Å². The lowest BCUT2D eigenvalue weighted by atomic mass is 10.0. The van der Waals surface area contributed by atoms with Gasteiger partial charge in [-0.25, -0.2) is 0 Å². The number of fused-ring (bicyclic) bond motifs is 1. The number of benzene rings is 1. The average molecular weight is 277 g/mol. The van der Waals surface area contributed by atoms with Crippen LogP contribution in [0, 0.1) is 0 Å². The number of carbonyl (C=O) groups is 1. The van der Waals surface area contributed by atoms with Crippen molar-refractivity contribution in [3.05, 3.63) is 23.8 Å². The van der Waals surface area contributed by atoms with Crippen LogP contribution in [0.15, 0.2) is 18.2 Å². The molecule has 3 rings (SSSR count). The topological polar surface area (TPSA) is 66.0 Å².